The maximum atomic E-state index is 6.25. The molecule has 0 fully saturated rings. The van der Waals surface area contributed by atoms with E-state index in [4.69, 9.17) is 19.9 Å². The minimum Gasteiger partial charge on any atom is -0.496 e. The molecule has 0 spiro atoms. The van der Waals surface area contributed by atoms with Crippen molar-refractivity contribution in [3.63, 3.8) is 0 Å². The number of hydrogen-bond donors (Lipinski definition) is 1. The summed E-state index contributed by atoms with van der Waals surface area (Å²) in [6, 6.07) is 3.70. The Morgan fingerprint density at radius 1 is 0.950 bits per heavy atom. The molecule has 0 radical (unpaired) electrons. The summed E-state index contributed by atoms with van der Waals surface area (Å²) in [6.45, 7) is 2.18. The molecule has 0 unspecified atom stereocenters. The van der Waals surface area contributed by atoms with Crippen LogP contribution in [0.2, 0.25) is 0 Å². The molecule has 5 heteroatoms. The van der Waals surface area contributed by atoms with Crippen LogP contribution in [-0.4, -0.2) is 21.3 Å². The third-order valence-corrected chi connectivity index (χ3v) is 3.25. The Balaban J connectivity index is 0.00000361. The number of ether oxygens (including phenoxy) is 3. The molecule has 2 N–H and O–H groups in total. The second-order valence-corrected chi connectivity index (χ2v) is 4.55. The van der Waals surface area contributed by atoms with Crippen molar-refractivity contribution in [3.05, 3.63) is 17.7 Å². The van der Waals surface area contributed by atoms with Crippen molar-refractivity contribution in [2.24, 2.45) is 5.73 Å². The summed E-state index contributed by atoms with van der Waals surface area (Å²) in [5.74, 6) is 2.09. The van der Waals surface area contributed by atoms with E-state index in [1.165, 1.54) is 12.8 Å². The predicted octanol–water partition coefficient (Wildman–Crippen LogP) is 3.71. The third-order valence-electron chi connectivity index (χ3n) is 3.25. The van der Waals surface area contributed by atoms with Gasteiger partial charge in [-0.05, 0) is 12.5 Å². The van der Waals surface area contributed by atoms with Gasteiger partial charge in [-0.15, -0.1) is 12.4 Å². The number of methoxy groups -OCH3 is 3. The van der Waals surface area contributed by atoms with Gasteiger partial charge in [0.25, 0.3) is 0 Å². The number of halogens is 1. The summed E-state index contributed by atoms with van der Waals surface area (Å²) < 4.78 is 16.0. The quantitative estimate of drug-likeness (QED) is 0.744. The van der Waals surface area contributed by atoms with Gasteiger partial charge in [-0.3, -0.25) is 0 Å². The lowest BCUT2D eigenvalue weighted by Crippen LogP contribution is -2.12. The highest BCUT2D eigenvalue weighted by Crippen LogP contribution is 2.37. The highest BCUT2D eigenvalue weighted by Gasteiger charge is 2.16. The zero-order valence-electron chi connectivity index (χ0n) is 12.8. The summed E-state index contributed by atoms with van der Waals surface area (Å²) in [4.78, 5) is 0. The lowest BCUT2D eigenvalue weighted by molar-refractivity contribution is 0.346. The fraction of sp³-hybridized carbons (Fsp3) is 0.600. The molecule has 0 amide bonds. The number of rotatable bonds is 8. The molecule has 1 rings (SSSR count). The van der Waals surface area contributed by atoms with Gasteiger partial charge in [-0.25, -0.2) is 0 Å². The summed E-state index contributed by atoms with van der Waals surface area (Å²) in [5, 5.41) is 0. The van der Waals surface area contributed by atoms with Crippen molar-refractivity contribution in [2.75, 3.05) is 21.3 Å². The minimum atomic E-state index is -0.0405. The topological polar surface area (TPSA) is 53.7 Å². The molecule has 0 saturated heterocycles. The lowest BCUT2D eigenvalue weighted by atomic mass is 9.99. The van der Waals surface area contributed by atoms with Crippen LogP contribution < -0.4 is 19.9 Å². The highest BCUT2D eigenvalue weighted by molar-refractivity contribution is 5.85. The molecular formula is C15H26ClNO3. The average Bonchev–Trinajstić information content (AvgIpc) is 2.45. The second kappa shape index (κ2) is 9.72. The largest absolute Gasteiger partial charge is 0.496 e. The Morgan fingerprint density at radius 2 is 1.50 bits per heavy atom. The number of unbranched alkanes of at least 4 members (excludes halogenated alkanes) is 2. The molecule has 116 valence electrons. The molecule has 0 aromatic heterocycles. The van der Waals surface area contributed by atoms with Crippen LogP contribution in [0.15, 0.2) is 12.1 Å². The van der Waals surface area contributed by atoms with Gasteiger partial charge in [0.1, 0.15) is 5.75 Å². The third kappa shape index (κ3) is 4.76. The van der Waals surface area contributed by atoms with E-state index in [1.807, 2.05) is 12.1 Å². The monoisotopic (exact) mass is 303 g/mol. The number of hydrogen-bond acceptors (Lipinski definition) is 4. The summed E-state index contributed by atoms with van der Waals surface area (Å²) >= 11 is 0. The normalized spacial score (nSPS) is 11.4. The Kier molecular flexibility index (Phi) is 9.17. The van der Waals surface area contributed by atoms with E-state index in [2.05, 4.69) is 6.92 Å². The maximum absolute atomic E-state index is 6.25. The molecule has 0 aliphatic rings. The molecule has 1 atom stereocenters. The molecule has 20 heavy (non-hydrogen) atoms. The molecule has 1 aromatic carbocycles. The average molecular weight is 304 g/mol. The van der Waals surface area contributed by atoms with Gasteiger partial charge in [0.05, 0.1) is 21.3 Å². The molecule has 1 aromatic rings. The minimum absolute atomic E-state index is 0. The van der Waals surface area contributed by atoms with Gasteiger partial charge in [0.15, 0.2) is 11.5 Å². The van der Waals surface area contributed by atoms with Crippen LogP contribution in [0.1, 0.15) is 44.2 Å². The van der Waals surface area contributed by atoms with Crippen LogP contribution >= 0.6 is 12.4 Å². The van der Waals surface area contributed by atoms with Gasteiger partial charge in [-0.1, -0.05) is 26.2 Å². The first kappa shape index (κ1) is 18.9. The summed E-state index contributed by atoms with van der Waals surface area (Å²) in [7, 11) is 4.87. The van der Waals surface area contributed by atoms with E-state index in [-0.39, 0.29) is 18.4 Å². The second-order valence-electron chi connectivity index (χ2n) is 4.55. The van der Waals surface area contributed by atoms with Crippen LogP contribution in [0.25, 0.3) is 0 Å². The van der Waals surface area contributed by atoms with Crippen molar-refractivity contribution in [1.29, 1.82) is 0 Å². The zero-order chi connectivity index (χ0) is 14.3. The summed E-state index contributed by atoms with van der Waals surface area (Å²) in [6.07, 6.45) is 4.45. The maximum Gasteiger partial charge on any atom is 0.164 e. The van der Waals surface area contributed by atoms with Gasteiger partial charge in [0, 0.05) is 17.7 Å². The summed E-state index contributed by atoms with van der Waals surface area (Å²) in [5.41, 5.74) is 7.22. The van der Waals surface area contributed by atoms with Crippen LogP contribution in [0.4, 0.5) is 0 Å². The Bertz CT molecular complexity index is 399. The first-order chi connectivity index (χ1) is 9.17. The Morgan fingerprint density at radius 3 is 2.00 bits per heavy atom. The van der Waals surface area contributed by atoms with Crippen molar-refractivity contribution < 1.29 is 14.2 Å². The van der Waals surface area contributed by atoms with E-state index < -0.39 is 0 Å². The molecule has 0 aliphatic carbocycles. The van der Waals surface area contributed by atoms with Crippen molar-refractivity contribution in [2.45, 2.75) is 38.6 Å². The number of nitrogens with two attached hydrogens (primary N) is 1. The first-order valence-corrected chi connectivity index (χ1v) is 6.73. The lowest BCUT2D eigenvalue weighted by Gasteiger charge is -2.18. The SMILES string of the molecule is CCCCC[C@H](N)c1cc(OC)c(OC)cc1OC.Cl. The Labute approximate surface area is 128 Å². The molecule has 0 saturated carbocycles. The molecule has 4 nitrogen and oxygen atoms in total. The highest BCUT2D eigenvalue weighted by atomic mass is 35.5. The Hall–Kier alpha value is -1.13. The van der Waals surface area contributed by atoms with Crippen molar-refractivity contribution >= 4 is 12.4 Å². The number of benzene rings is 1. The fourth-order valence-corrected chi connectivity index (χ4v) is 2.11. The molecular weight excluding hydrogens is 278 g/mol. The zero-order valence-corrected chi connectivity index (χ0v) is 13.6. The van der Waals surface area contributed by atoms with Gasteiger partial charge < -0.3 is 19.9 Å². The first-order valence-electron chi connectivity index (χ1n) is 6.73. The van der Waals surface area contributed by atoms with E-state index in [9.17, 15) is 0 Å². The molecule has 0 aliphatic heterocycles. The van der Waals surface area contributed by atoms with E-state index in [0.717, 1.165) is 24.2 Å². The smallest absolute Gasteiger partial charge is 0.164 e. The fourth-order valence-electron chi connectivity index (χ4n) is 2.11. The molecule has 0 bridgehead atoms. The molecule has 0 heterocycles. The van der Waals surface area contributed by atoms with Gasteiger partial charge >= 0.3 is 0 Å². The standard InChI is InChI=1S/C15H25NO3.ClH/c1-5-6-7-8-12(16)11-9-14(18-3)15(19-4)10-13(11)17-2;/h9-10,12H,5-8,16H2,1-4H3;1H/t12-;/m0./s1. The van der Waals surface area contributed by atoms with Gasteiger partial charge in [0.2, 0.25) is 0 Å². The van der Waals surface area contributed by atoms with Crippen LogP contribution in [0.5, 0.6) is 17.2 Å². The van der Waals surface area contributed by atoms with E-state index in [0.29, 0.717) is 11.5 Å². The van der Waals surface area contributed by atoms with Gasteiger partial charge in [-0.2, -0.15) is 0 Å². The van der Waals surface area contributed by atoms with Crippen LogP contribution in [-0.2, 0) is 0 Å². The van der Waals surface area contributed by atoms with Crippen LogP contribution in [0, 0.1) is 0 Å². The van der Waals surface area contributed by atoms with Crippen molar-refractivity contribution in [3.8, 4) is 17.2 Å². The van der Waals surface area contributed by atoms with E-state index in [1.54, 1.807) is 21.3 Å². The van der Waals surface area contributed by atoms with E-state index >= 15 is 0 Å². The van der Waals surface area contributed by atoms with Crippen LogP contribution in [0.3, 0.4) is 0 Å². The van der Waals surface area contributed by atoms with Crippen molar-refractivity contribution in [1.82, 2.24) is 0 Å². The predicted molar refractivity (Wildman–Crippen MR) is 84.4 cm³/mol.